The Balaban J connectivity index is 2.13. The van der Waals surface area contributed by atoms with Gasteiger partial charge in [0.1, 0.15) is 16.9 Å². The van der Waals surface area contributed by atoms with E-state index in [-0.39, 0.29) is 16.7 Å². The Morgan fingerprint density at radius 2 is 2.15 bits per heavy atom. The second kappa shape index (κ2) is 5.82. The molecule has 1 aromatic heterocycles. The van der Waals surface area contributed by atoms with E-state index in [1.165, 1.54) is 0 Å². The van der Waals surface area contributed by atoms with Crippen LogP contribution in [0.15, 0.2) is 16.5 Å². The Morgan fingerprint density at radius 3 is 2.70 bits per heavy atom. The predicted molar refractivity (Wildman–Crippen MR) is 82.7 cm³/mol. The first-order valence-electron chi connectivity index (χ1n) is 6.91. The van der Waals surface area contributed by atoms with Crippen molar-refractivity contribution in [3.63, 3.8) is 0 Å². The zero-order valence-corrected chi connectivity index (χ0v) is 13.8. The molecule has 0 aromatic carbocycles. The molecule has 5 heteroatoms. The van der Waals surface area contributed by atoms with Crippen molar-refractivity contribution in [2.75, 3.05) is 32.9 Å². The minimum atomic E-state index is 0.0256. The molecule has 1 aliphatic rings. The lowest BCUT2D eigenvalue weighted by molar-refractivity contribution is -0.129. The first-order chi connectivity index (χ1) is 9.28. The monoisotopic (exact) mass is 296 g/mol. The lowest BCUT2D eigenvalue weighted by Gasteiger charge is -2.34. The fourth-order valence-electron chi connectivity index (χ4n) is 2.81. The molecule has 0 saturated carbocycles. The summed E-state index contributed by atoms with van der Waals surface area (Å²) in [5, 5.41) is 0.0256. The van der Waals surface area contributed by atoms with Crippen LogP contribution < -0.4 is 0 Å². The van der Waals surface area contributed by atoms with Gasteiger partial charge in [-0.1, -0.05) is 13.8 Å². The normalized spacial score (nSPS) is 20.2. The third-order valence-corrected chi connectivity index (χ3v) is 4.53. The van der Waals surface area contributed by atoms with Crippen LogP contribution in [-0.2, 0) is 4.79 Å². The predicted octanol–water partition coefficient (Wildman–Crippen LogP) is 2.75. The molecule has 0 aliphatic carbocycles. The van der Waals surface area contributed by atoms with Gasteiger partial charge in [-0.05, 0) is 38.6 Å². The standard InChI is InChI=1S/C15H24N2O2S/c1-11-6-7-12(19-11)14-17(13(18)8-20-14)10-15(2,3)9-16(4)5/h6-7,14H,8-10H2,1-5H3. The fraction of sp³-hybridized carbons (Fsp3) is 0.667. The molecule has 1 aliphatic heterocycles. The Labute approximate surface area is 125 Å². The second-order valence-corrected chi connectivity index (χ2v) is 7.60. The first-order valence-corrected chi connectivity index (χ1v) is 7.95. The number of aryl methyl sites for hydroxylation is 1. The molecule has 1 unspecified atom stereocenters. The van der Waals surface area contributed by atoms with Gasteiger partial charge in [-0.3, -0.25) is 4.79 Å². The maximum absolute atomic E-state index is 12.2. The number of rotatable bonds is 5. The fourth-order valence-corrected chi connectivity index (χ4v) is 3.94. The van der Waals surface area contributed by atoms with E-state index in [2.05, 4.69) is 32.8 Å². The van der Waals surface area contributed by atoms with Crippen LogP contribution in [0.1, 0.15) is 30.7 Å². The summed E-state index contributed by atoms with van der Waals surface area (Å²) in [5.41, 5.74) is 0.0595. The minimum Gasteiger partial charge on any atom is -0.463 e. The smallest absolute Gasteiger partial charge is 0.233 e. The zero-order chi connectivity index (χ0) is 14.9. The van der Waals surface area contributed by atoms with Crippen LogP contribution in [-0.4, -0.2) is 48.6 Å². The summed E-state index contributed by atoms with van der Waals surface area (Å²) >= 11 is 1.65. The number of nitrogens with zero attached hydrogens (tertiary/aromatic N) is 2. The van der Waals surface area contributed by atoms with Gasteiger partial charge in [0.15, 0.2) is 0 Å². The molecule has 2 rings (SSSR count). The van der Waals surface area contributed by atoms with Gasteiger partial charge in [-0.25, -0.2) is 0 Å². The summed E-state index contributed by atoms with van der Waals surface area (Å²) in [6, 6.07) is 3.94. The average molecular weight is 296 g/mol. The molecular formula is C15H24N2O2S. The van der Waals surface area contributed by atoms with E-state index in [0.717, 1.165) is 24.6 Å². The molecule has 0 N–H and O–H groups in total. The number of furan rings is 1. The van der Waals surface area contributed by atoms with Crippen molar-refractivity contribution >= 4 is 17.7 Å². The van der Waals surface area contributed by atoms with Gasteiger partial charge in [0, 0.05) is 13.1 Å². The van der Waals surface area contributed by atoms with Gasteiger partial charge in [0.05, 0.1) is 5.75 Å². The number of hydrogen-bond acceptors (Lipinski definition) is 4. The van der Waals surface area contributed by atoms with Gasteiger partial charge < -0.3 is 14.2 Å². The Morgan fingerprint density at radius 1 is 1.45 bits per heavy atom. The third kappa shape index (κ3) is 3.58. The van der Waals surface area contributed by atoms with Gasteiger partial charge in [0.2, 0.25) is 5.91 Å². The van der Waals surface area contributed by atoms with Crippen LogP contribution in [0.2, 0.25) is 0 Å². The van der Waals surface area contributed by atoms with Crippen molar-refractivity contribution in [2.24, 2.45) is 5.41 Å². The van der Waals surface area contributed by atoms with Gasteiger partial charge in [-0.15, -0.1) is 11.8 Å². The summed E-state index contributed by atoms with van der Waals surface area (Å²) in [4.78, 5) is 16.3. The second-order valence-electron chi connectivity index (χ2n) is 6.54. The van der Waals surface area contributed by atoms with Crippen molar-refractivity contribution in [1.29, 1.82) is 0 Å². The van der Waals surface area contributed by atoms with Crippen molar-refractivity contribution < 1.29 is 9.21 Å². The summed E-state index contributed by atoms with van der Waals surface area (Å²) in [7, 11) is 4.13. The van der Waals surface area contributed by atoms with Crippen molar-refractivity contribution in [3.05, 3.63) is 23.7 Å². The summed E-state index contributed by atoms with van der Waals surface area (Å²) < 4.78 is 5.72. The maximum Gasteiger partial charge on any atom is 0.233 e. The minimum absolute atomic E-state index is 0.0256. The van der Waals surface area contributed by atoms with Crippen LogP contribution >= 0.6 is 11.8 Å². The van der Waals surface area contributed by atoms with E-state index >= 15 is 0 Å². The van der Waals surface area contributed by atoms with Crippen LogP contribution in [0, 0.1) is 12.3 Å². The average Bonchev–Trinajstić information content (AvgIpc) is 2.85. The number of thioether (sulfide) groups is 1. The molecule has 1 amide bonds. The molecule has 1 saturated heterocycles. The number of amides is 1. The van der Waals surface area contributed by atoms with E-state index in [9.17, 15) is 4.79 Å². The molecular weight excluding hydrogens is 272 g/mol. The number of hydrogen-bond donors (Lipinski definition) is 0. The molecule has 1 fully saturated rings. The van der Waals surface area contributed by atoms with Gasteiger partial charge in [0.25, 0.3) is 0 Å². The highest BCUT2D eigenvalue weighted by Gasteiger charge is 2.38. The molecule has 4 nitrogen and oxygen atoms in total. The topological polar surface area (TPSA) is 36.7 Å². The molecule has 20 heavy (non-hydrogen) atoms. The quantitative estimate of drug-likeness (QED) is 0.837. The Bertz CT molecular complexity index is 482. The molecule has 0 radical (unpaired) electrons. The highest BCUT2D eigenvalue weighted by atomic mass is 32.2. The van der Waals surface area contributed by atoms with Crippen LogP contribution in [0.5, 0.6) is 0 Å². The third-order valence-electron chi connectivity index (χ3n) is 3.32. The Hall–Kier alpha value is -0.940. The van der Waals surface area contributed by atoms with Crippen LogP contribution in [0.25, 0.3) is 0 Å². The largest absolute Gasteiger partial charge is 0.463 e. The molecule has 1 aromatic rings. The van der Waals surface area contributed by atoms with Crippen molar-refractivity contribution in [2.45, 2.75) is 26.1 Å². The molecule has 0 spiro atoms. The van der Waals surface area contributed by atoms with Crippen molar-refractivity contribution in [3.8, 4) is 0 Å². The summed E-state index contributed by atoms with van der Waals surface area (Å²) in [6.45, 7) is 8.04. The van der Waals surface area contributed by atoms with Crippen LogP contribution in [0.4, 0.5) is 0 Å². The summed E-state index contributed by atoms with van der Waals surface area (Å²) in [5.74, 6) is 2.54. The van der Waals surface area contributed by atoms with E-state index in [4.69, 9.17) is 4.42 Å². The number of carbonyl (C=O) groups excluding carboxylic acids is 1. The highest BCUT2D eigenvalue weighted by Crippen LogP contribution is 2.40. The molecule has 1 atom stereocenters. The van der Waals surface area contributed by atoms with Crippen LogP contribution in [0.3, 0.4) is 0 Å². The highest BCUT2D eigenvalue weighted by molar-refractivity contribution is 8.00. The summed E-state index contributed by atoms with van der Waals surface area (Å²) in [6.07, 6.45) is 0. The van der Waals surface area contributed by atoms with Gasteiger partial charge in [-0.2, -0.15) is 0 Å². The van der Waals surface area contributed by atoms with E-state index in [1.54, 1.807) is 11.8 Å². The maximum atomic E-state index is 12.2. The molecule has 2 heterocycles. The first kappa shape index (κ1) is 15.4. The van der Waals surface area contributed by atoms with E-state index < -0.39 is 0 Å². The van der Waals surface area contributed by atoms with Gasteiger partial charge >= 0.3 is 0 Å². The lowest BCUT2D eigenvalue weighted by atomic mass is 9.92. The van der Waals surface area contributed by atoms with E-state index in [1.807, 2.05) is 24.0 Å². The van der Waals surface area contributed by atoms with Crippen molar-refractivity contribution in [1.82, 2.24) is 9.80 Å². The molecule has 0 bridgehead atoms. The zero-order valence-electron chi connectivity index (χ0n) is 13.0. The van der Waals surface area contributed by atoms with E-state index in [0.29, 0.717) is 5.75 Å². The SMILES string of the molecule is Cc1ccc(C2SCC(=O)N2CC(C)(C)CN(C)C)o1. The Kier molecular flexibility index (Phi) is 4.49. The lowest BCUT2D eigenvalue weighted by Crippen LogP contribution is -2.41. The molecule has 112 valence electrons. The number of carbonyl (C=O) groups is 1.